The minimum atomic E-state index is -1.12. The summed E-state index contributed by atoms with van der Waals surface area (Å²) >= 11 is 2.95. The standard InChI is InChI=1S/C13H9BrFNO4/c1-6(13(19)20)2-3-16-10-5-9(15)8(14)4-7(10)11(17)12(16)18/h2,4-5H,3H2,1H3,(H,19,20). The van der Waals surface area contributed by atoms with Gasteiger partial charge in [0.1, 0.15) is 5.82 Å². The van der Waals surface area contributed by atoms with Crippen LogP contribution in [0.25, 0.3) is 0 Å². The number of carboxylic acid groups (broad SMARTS) is 1. The number of Topliss-reactive ketones (excluding diaryl/α,β-unsaturated/α-hetero) is 1. The van der Waals surface area contributed by atoms with Gasteiger partial charge in [-0.05, 0) is 35.0 Å². The molecule has 1 aliphatic rings. The molecule has 0 spiro atoms. The maximum Gasteiger partial charge on any atom is 0.331 e. The van der Waals surface area contributed by atoms with E-state index in [1.165, 1.54) is 19.1 Å². The lowest BCUT2D eigenvalue weighted by Gasteiger charge is -2.14. The van der Waals surface area contributed by atoms with Gasteiger partial charge in [0.05, 0.1) is 15.7 Å². The highest BCUT2D eigenvalue weighted by Crippen LogP contribution is 2.33. The SMILES string of the molecule is CC(=CCN1C(=O)C(=O)c2cc(Br)c(F)cc21)C(=O)O. The van der Waals surface area contributed by atoms with Crippen molar-refractivity contribution in [2.75, 3.05) is 11.4 Å². The van der Waals surface area contributed by atoms with Gasteiger partial charge in [-0.2, -0.15) is 0 Å². The highest BCUT2D eigenvalue weighted by molar-refractivity contribution is 9.10. The van der Waals surface area contributed by atoms with Gasteiger partial charge in [-0.15, -0.1) is 0 Å². The zero-order chi connectivity index (χ0) is 15.0. The van der Waals surface area contributed by atoms with Gasteiger partial charge in [-0.3, -0.25) is 9.59 Å². The number of rotatable bonds is 3. The number of halogens is 2. The first-order valence-corrected chi connectivity index (χ1v) is 6.37. The fourth-order valence-corrected chi connectivity index (χ4v) is 2.13. The third kappa shape index (κ3) is 2.36. The molecule has 2 rings (SSSR count). The molecule has 1 aliphatic heterocycles. The fourth-order valence-electron chi connectivity index (χ4n) is 1.79. The first-order valence-electron chi connectivity index (χ1n) is 5.58. The molecule has 1 heterocycles. The fraction of sp³-hybridized carbons (Fsp3) is 0.154. The normalized spacial score (nSPS) is 14.8. The van der Waals surface area contributed by atoms with Gasteiger partial charge in [0, 0.05) is 12.1 Å². The zero-order valence-corrected chi connectivity index (χ0v) is 11.9. The van der Waals surface area contributed by atoms with Crippen molar-refractivity contribution in [1.29, 1.82) is 0 Å². The molecule has 1 amide bonds. The number of benzene rings is 1. The monoisotopic (exact) mass is 341 g/mol. The van der Waals surface area contributed by atoms with Crippen molar-refractivity contribution in [3.8, 4) is 0 Å². The maximum atomic E-state index is 13.5. The number of ketones is 1. The van der Waals surface area contributed by atoms with Crippen LogP contribution in [0.5, 0.6) is 0 Å². The highest BCUT2D eigenvalue weighted by Gasteiger charge is 2.36. The third-order valence-electron chi connectivity index (χ3n) is 2.93. The molecule has 0 fully saturated rings. The van der Waals surface area contributed by atoms with Crippen LogP contribution >= 0.6 is 15.9 Å². The van der Waals surface area contributed by atoms with Crippen LogP contribution in [0.2, 0.25) is 0 Å². The highest BCUT2D eigenvalue weighted by atomic mass is 79.9. The van der Waals surface area contributed by atoms with Crippen LogP contribution in [-0.2, 0) is 9.59 Å². The van der Waals surface area contributed by atoms with E-state index in [4.69, 9.17) is 5.11 Å². The van der Waals surface area contributed by atoms with Crippen LogP contribution in [-0.4, -0.2) is 29.3 Å². The number of carboxylic acids is 1. The van der Waals surface area contributed by atoms with Crippen molar-refractivity contribution in [3.05, 3.63) is 39.6 Å². The molecule has 1 aromatic rings. The van der Waals surface area contributed by atoms with Gasteiger partial charge >= 0.3 is 5.97 Å². The molecule has 0 saturated heterocycles. The largest absolute Gasteiger partial charge is 0.478 e. The average Bonchev–Trinajstić information content (AvgIpc) is 2.61. The first kappa shape index (κ1) is 14.4. The molecule has 0 unspecified atom stereocenters. The maximum absolute atomic E-state index is 13.5. The van der Waals surface area contributed by atoms with Crippen LogP contribution in [0, 0.1) is 5.82 Å². The van der Waals surface area contributed by atoms with E-state index in [1.54, 1.807) is 0 Å². The molecule has 1 N–H and O–H groups in total. The van der Waals surface area contributed by atoms with E-state index in [-0.39, 0.29) is 27.8 Å². The summed E-state index contributed by atoms with van der Waals surface area (Å²) in [6.45, 7) is 1.27. The number of amides is 1. The number of nitrogens with zero attached hydrogens (tertiary/aromatic N) is 1. The first-order chi connectivity index (χ1) is 9.32. The lowest BCUT2D eigenvalue weighted by Crippen LogP contribution is -2.30. The summed E-state index contributed by atoms with van der Waals surface area (Å²) in [5.41, 5.74) is 0.288. The Balaban J connectivity index is 2.41. The Morgan fingerprint density at radius 1 is 1.45 bits per heavy atom. The van der Waals surface area contributed by atoms with E-state index in [9.17, 15) is 18.8 Å². The molecule has 104 valence electrons. The topological polar surface area (TPSA) is 74.7 Å². The Kier molecular flexibility index (Phi) is 3.71. The van der Waals surface area contributed by atoms with Crippen molar-refractivity contribution in [1.82, 2.24) is 0 Å². The molecule has 0 atom stereocenters. The summed E-state index contributed by atoms with van der Waals surface area (Å²) in [4.78, 5) is 35.4. The molecule has 0 bridgehead atoms. The number of carbonyl (C=O) groups is 3. The molecule has 0 aromatic heterocycles. The van der Waals surface area contributed by atoms with Gasteiger partial charge in [0.2, 0.25) is 0 Å². The lowest BCUT2D eigenvalue weighted by atomic mass is 10.1. The van der Waals surface area contributed by atoms with Gasteiger partial charge in [-0.25, -0.2) is 9.18 Å². The number of carbonyl (C=O) groups excluding carboxylic acids is 2. The Bertz CT molecular complexity index is 669. The summed E-state index contributed by atoms with van der Waals surface area (Å²) in [6, 6.07) is 2.32. The number of hydrogen-bond donors (Lipinski definition) is 1. The van der Waals surface area contributed by atoms with Crippen molar-refractivity contribution in [2.45, 2.75) is 6.92 Å². The second-order valence-electron chi connectivity index (χ2n) is 4.22. The quantitative estimate of drug-likeness (QED) is 0.675. The van der Waals surface area contributed by atoms with Crippen LogP contribution in [0.3, 0.4) is 0 Å². The van der Waals surface area contributed by atoms with Crippen LogP contribution < -0.4 is 4.90 Å². The molecule has 0 saturated carbocycles. The molecular weight excluding hydrogens is 333 g/mol. The minimum Gasteiger partial charge on any atom is -0.478 e. The Hall–Kier alpha value is -2.02. The molecule has 0 radical (unpaired) electrons. The number of aliphatic carboxylic acids is 1. The van der Waals surface area contributed by atoms with Crippen LogP contribution in [0.1, 0.15) is 17.3 Å². The second kappa shape index (κ2) is 5.16. The van der Waals surface area contributed by atoms with Crippen LogP contribution in [0.15, 0.2) is 28.3 Å². The van der Waals surface area contributed by atoms with Gasteiger partial charge in [0.25, 0.3) is 11.7 Å². The van der Waals surface area contributed by atoms with Crippen molar-refractivity contribution >= 4 is 39.3 Å². The van der Waals surface area contributed by atoms with Gasteiger partial charge in [-0.1, -0.05) is 6.08 Å². The second-order valence-corrected chi connectivity index (χ2v) is 5.07. The molecular formula is C13H9BrFNO4. The number of anilines is 1. The molecule has 7 heteroatoms. The van der Waals surface area contributed by atoms with Crippen molar-refractivity contribution in [3.63, 3.8) is 0 Å². The third-order valence-corrected chi connectivity index (χ3v) is 3.54. The molecule has 5 nitrogen and oxygen atoms in total. The Morgan fingerprint density at radius 2 is 2.10 bits per heavy atom. The summed E-state index contributed by atoms with van der Waals surface area (Å²) < 4.78 is 13.6. The minimum absolute atomic E-state index is 0.0382. The van der Waals surface area contributed by atoms with E-state index < -0.39 is 23.5 Å². The van der Waals surface area contributed by atoms with E-state index in [0.717, 1.165) is 11.0 Å². The van der Waals surface area contributed by atoms with E-state index in [2.05, 4.69) is 15.9 Å². The van der Waals surface area contributed by atoms with Crippen molar-refractivity contribution < 1.29 is 23.9 Å². The smallest absolute Gasteiger partial charge is 0.331 e. The molecule has 1 aromatic carbocycles. The molecule has 0 aliphatic carbocycles. The van der Waals surface area contributed by atoms with Gasteiger partial charge in [0.15, 0.2) is 0 Å². The lowest BCUT2D eigenvalue weighted by molar-refractivity contribution is -0.132. The molecule has 20 heavy (non-hydrogen) atoms. The predicted molar refractivity (Wildman–Crippen MR) is 72.2 cm³/mol. The number of fused-ring (bicyclic) bond motifs is 1. The summed E-state index contributed by atoms with van der Waals surface area (Å²) in [5, 5.41) is 8.74. The number of hydrogen-bond acceptors (Lipinski definition) is 3. The average molecular weight is 342 g/mol. The van der Waals surface area contributed by atoms with E-state index in [0.29, 0.717) is 0 Å². The zero-order valence-electron chi connectivity index (χ0n) is 10.3. The predicted octanol–water partition coefficient (Wildman–Crippen LogP) is 2.15. The summed E-state index contributed by atoms with van der Waals surface area (Å²) in [6.07, 6.45) is 1.29. The summed E-state index contributed by atoms with van der Waals surface area (Å²) in [7, 11) is 0. The van der Waals surface area contributed by atoms with E-state index >= 15 is 0 Å². The Morgan fingerprint density at radius 3 is 2.70 bits per heavy atom. The Labute approximate surface area is 121 Å². The van der Waals surface area contributed by atoms with E-state index in [1.807, 2.05) is 0 Å². The summed E-state index contributed by atoms with van der Waals surface area (Å²) in [5.74, 6) is -3.26. The van der Waals surface area contributed by atoms with Crippen LogP contribution in [0.4, 0.5) is 10.1 Å². The van der Waals surface area contributed by atoms with Crippen molar-refractivity contribution in [2.24, 2.45) is 0 Å². The van der Waals surface area contributed by atoms with Gasteiger partial charge < -0.3 is 10.0 Å².